The van der Waals surface area contributed by atoms with Crippen molar-refractivity contribution in [3.05, 3.63) is 65.2 Å². The minimum atomic E-state index is 0.693. The Labute approximate surface area is 139 Å². The van der Waals surface area contributed by atoms with E-state index in [9.17, 15) is 0 Å². The van der Waals surface area contributed by atoms with Crippen LogP contribution in [-0.4, -0.2) is 20.5 Å². The molecule has 0 bridgehead atoms. The monoisotopic (exact) mass is 329 g/mol. The number of benzene rings is 2. The van der Waals surface area contributed by atoms with Crippen LogP contribution in [0.3, 0.4) is 0 Å². The van der Waals surface area contributed by atoms with E-state index >= 15 is 0 Å². The van der Waals surface area contributed by atoms with Crippen LogP contribution in [0.1, 0.15) is 5.56 Å². The largest absolute Gasteiger partial charge is 0.305 e. The molecule has 22 heavy (non-hydrogen) atoms. The molecule has 2 aromatic carbocycles. The Kier molecular flexibility index (Phi) is 4.80. The molecule has 0 aliphatic carbocycles. The lowest BCUT2D eigenvalue weighted by Crippen LogP contribution is -1.96. The van der Waals surface area contributed by atoms with Crippen LogP contribution in [0.4, 0.5) is 0 Å². The average molecular weight is 330 g/mol. The number of aryl methyl sites for hydroxylation is 1. The van der Waals surface area contributed by atoms with Crippen molar-refractivity contribution in [2.75, 3.05) is 5.75 Å². The van der Waals surface area contributed by atoms with Crippen molar-refractivity contribution in [3.63, 3.8) is 0 Å². The molecule has 0 N–H and O–H groups in total. The van der Waals surface area contributed by atoms with Crippen molar-refractivity contribution in [1.29, 1.82) is 0 Å². The van der Waals surface area contributed by atoms with Crippen molar-refractivity contribution >= 4 is 23.4 Å². The highest BCUT2D eigenvalue weighted by atomic mass is 35.5. The summed E-state index contributed by atoms with van der Waals surface area (Å²) in [5.41, 5.74) is 2.25. The van der Waals surface area contributed by atoms with Crippen molar-refractivity contribution in [1.82, 2.24) is 14.8 Å². The maximum atomic E-state index is 6.24. The second-order valence-corrected chi connectivity index (χ2v) is 6.40. The summed E-state index contributed by atoms with van der Waals surface area (Å²) in [7, 11) is 1.98. The van der Waals surface area contributed by atoms with Gasteiger partial charge in [0.25, 0.3) is 0 Å². The number of hydrogen-bond donors (Lipinski definition) is 0. The van der Waals surface area contributed by atoms with Gasteiger partial charge < -0.3 is 4.57 Å². The fourth-order valence-electron chi connectivity index (χ4n) is 2.22. The predicted molar refractivity (Wildman–Crippen MR) is 92.3 cm³/mol. The van der Waals surface area contributed by atoms with Crippen LogP contribution in [0.2, 0.25) is 5.02 Å². The number of aromatic nitrogens is 3. The molecule has 3 nitrogen and oxygen atoms in total. The third-order valence-electron chi connectivity index (χ3n) is 3.41. The summed E-state index contributed by atoms with van der Waals surface area (Å²) >= 11 is 7.95. The highest BCUT2D eigenvalue weighted by Crippen LogP contribution is 2.28. The Bertz CT molecular complexity index is 756. The Morgan fingerprint density at radius 3 is 2.50 bits per heavy atom. The van der Waals surface area contributed by atoms with Gasteiger partial charge in [0, 0.05) is 18.4 Å². The molecule has 0 saturated carbocycles. The first kappa shape index (κ1) is 15.1. The van der Waals surface area contributed by atoms with Gasteiger partial charge >= 0.3 is 0 Å². The van der Waals surface area contributed by atoms with Crippen LogP contribution >= 0.6 is 23.4 Å². The van der Waals surface area contributed by atoms with E-state index in [1.165, 1.54) is 5.56 Å². The summed E-state index contributed by atoms with van der Waals surface area (Å²) in [6, 6.07) is 18.2. The molecule has 0 radical (unpaired) electrons. The summed E-state index contributed by atoms with van der Waals surface area (Å²) in [6.07, 6.45) is 1.01. The van der Waals surface area contributed by atoms with E-state index in [2.05, 4.69) is 34.5 Å². The van der Waals surface area contributed by atoms with Crippen LogP contribution in [0.25, 0.3) is 11.4 Å². The molecule has 112 valence electrons. The molecule has 0 aliphatic rings. The zero-order valence-corrected chi connectivity index (χ0v) is 13.8. The van der Waals surface area contributed by atoms with Crippen molar-refractivity contribution in [2.45, 2.75) is 11.6 Å². The van der Waals surface area contributed by atoms with Gasteiger partial charge in [0.2, 0.25) is 0 Å². The molecule has 3 rings (SSSR count). The van der Waals surface area contributed by atoms with Gasteiger partial charge in [-0.05, 0) is 24.1 Å². The van der Waals surface area contributed by atoms with Gasteiger partial charge in [0.1, 0.15) is 0 Å². The van der Waals surface area contributed by atoms with E-state index < -0.39 is 0 Å². The first-order valence-electron chi connectivity index (χ1n) is 7.07. The van der Waals surface area contributed by atoms with E-state index in [-0.39, 0.29) is 0 Å². The van der Waals surface area contributed by atoms with Gasteiger partial charge in [-0.15, -0.1) is 10.2 Å². The molecule has 0 fully saturated rings. The summed E-state index contributed by atoms with van der Waals surface area (Å²) in [5.74, 6) is 1.77. The zero-order chi connectivity index (χ0) is 15.4. The Morgan fingerprint density at radius 1 is 1.00 bits per heavy atom. The summed E-state index contributed by atoms with van der Waals surface area (Å²) in [6.45, 7) is 0. The SMILES string of the molecule is Cn1c(SCCc2ccccc2)nnc1-c1ccccc1Cl. The van der Waals surface area contributed by atoms with Crippen molar-refractivity contribution < 1.29 is 0 Å². The third-order valence-corrected chi connectivity index (χ3v) is 4.77. The minimum absolute atomic E-state index is 0.693. The van der Waals surface area contributed by atoms with E-state index in [1.807, 2.05) is 41.9 Å². The second kappa shape index (κ2) is 6.99. The summed E-state index contributed by atoms with van der Waals surface area (Å²) < 4.78 is 2.00. The van der Waals surface area contributed by atoms with Crippen molar-refractivity contribution in [3.8, 4) is 11.4 Å². The molecule has 1 heterocycles. The lowest BCUT2D eigenvalue weighted by molar-refractivity contribution is 0.793. The van der Waals surface area contributed by atoms with Crippen LogP contribution < -0.4 is 0 Å². The summed E-state index contributed by atoms with van der Waals surface area (Å²) in [4.78, 5) is 0. The molecule has 1 aromatic heterocycles. The van der Waals surface area contributed by atoms with Gasteiger partial charge in [-0.2, -0.15) is 0 Å². The van der Waals surface area contributed by atoms with Gasteiger partial charge in [0.05, 0.1) is 5.02 Å². The number of nitrogens with zero attached hydrogens (tertiary/aromatic N) is 3. The molecule has 0 aliphatic heterocycles. The van der Waals surface area contributed by atoms with Crippen LogP contribution in [0.15, 0.2) is 59.8 Å². The zero-order valence-electron chi connectivity index (χ0n) is 12.2. The molecule has 0 saturated heterocycles. The Balaban J connectivity index is 1.70. The van der Waals surface area contributed by atoms with Crippen LogP contribution in [0.5, 0.6) is 0 Å². The van der Waals surface area contributed by atoms with Crippen LogP contribution in [-0.2, 0) is 13.5 Å². The van der Waals surface area contributed by atoms with E-state index in [0.29, 0.717) is 5.02 Å². The van der Waals surface area contributed by atoms with E-state index in [1.54, 1.807) is 11.8 Å². The van der Waals surface area contributed by atoms with Gasteiger partial charge in [-0.3, -0.25) is 0 Å². The first-order chi connectivity index (χ1) is 10.8. The maximum Gasteiger partial charge on any atom is 0.191 e. The number of halogens is 1. The second-order valence-electron chi connectivity index (χ2n) is 4.93. The molecule has 0 atom stereocenters. The third kappa shape index (κ3) is 3.34. The van der Waals surface area contributed by atoms with E-state index in [4.69, 9.17) is 11.6 Å². The molecular weight excluding hydrogens is 314 g/mol. The average Bonchev–Trinajstić information content (AvgIpc) is 2.90. The minimum Gasteiger partial charge on any atom is -0.305 e. The van der Waals surface area contributed by atoms with Gasteiger partial charge in [-0.25, -0.2) is 0 Å². The Morgan fingerprint density at radius 2 is 1.73 bits per heavy atom. The standard InChI is InChI=1S/C17H16ClN3S/c1-21-16(14-9-5-6-10-15(14)18)19-20-17(21)22-12-11-13-7-3-2-4-8-13/h2-10H,11-12H2,1H3. The quantitative estimate of drug-likeness (QED) is 0.647. The topological polar surface area (TPSA) is 30.7 Å². The molecule has 0 amide bonds. The lowest BCUT2D eigenvalue weighted by atomic mass is 10.2. The van der Waals surface area contributed by atoms with Gasteiger partial charge in [-0.1, -0.05) is 65.8 Å². The molecule has 0 spiro atoms. The maximum absolute atomic E-state index is 6.24. The number of hydrogen-bond acceptors (Lipinski definition) is 3. The van der Waals surface area contributed by atoms with E-state index in [0.717, 1.165) is 28.7 Å². The van der Waals surface area contributed by atoms with Crippen molar-refractivity contribution in [2.24, 2.45) is 7.05 Å². The number of thioether (sulfide) groups is 1. The normalized spacial score (nSPS) is 10.8. The molecular formula is C17H16ClN3S. The molecule has 3 aromatic rings. The lowest BCUT2D eigenvalue weighted by Gasteiger charge is -2.05. The molecule has 5 heteroatoms. The fraction of sp³-hybridized carbons (Fsp3) is 0.176. The first-order valence-corrected chi connectivity index (χ1v) is 8.43. The highest BCUT2D eigenvalue weighted by Gasteiger charge is 2.13. The number of rotatable bonds is 5. The summed E-state index contributed by atoms with van der Waals surface area (Å²) in [5, 5.41) is 10.2. The smallest absolute Gasteiger partial charge is 0.191 e. The Hall–Kier alpha value is -1.78. The highest BCUT2D eigenvalue weighted by molar-refractivity contribution is 7.99. The molecule has 0 unspecified atom stereocenters. The predicted octanol–water partition coefficient (Wildman–Crippen LogP) is 4.47. The van der Waals surface area contributed by atoms with Gasteiger partial charge in [0.15, 0.2) is 11.0 Å². The van der Waals surface area contributed by atoms with Crippen LogP contribution in [0, 0.1) is 0 Å². The fourth-order valence-corrected chi connectivity index (χ4v) is 3.34.